The van der Waals surface area contributed by atoms with Gasteiger partial charge in [-0.3, -0.25) is 14.8 Å². The molecule has 2 N–H and O–H groups in total. The quantitative estimate of drug-likeness (QED) is 0.497. The Morgan fingerprint density at radius 2 is 1.73 bits per heavy atom. The second-order valence-corrected chi connectivity index (χ2v) is 6.55. The van der Waals surface area contributed by atoms with E-state index in [4.69, 9.17) is 0 Å². The summed E-state index contributed by atoms with van der Waals surface area (Å²) in [5, 5.41) is 6.12. The van der Waals surface area contributed by atoms with Gasteiger partial charge in [-0.15, -0.1) is 0 Å². The molecule has 1 aromatic carbocycles. The molecule has 4 rings (SSSR count). The van der Waals surface area contributed by atoms with E-state index in [-0.39, 0.29) is 11.6 Å². The number of benzene rings is 1. The van der Waals surface area contributed by atoms with Crippen molar-refractivity contribution in [2.75, 3.05) is 5.32 Å². The number of pyridine rings is 2. The minimum atomic E-state index is -0.287. The van der Waals surface area contributed by atoms with Gasteiger partial charge in [-0.25, -0.2) is 9.97 Å². The predicted octanol–water partition coefficient (Wildman–Crippen LogP) is 3.48. The number of anilines is 1. The molecule has 0 atom stereocenters. The number of carbonyl (C=O) groups is 1. The third kappa shape index (κ3) is 5.02. The van der Waals surface area contributed by atoms with Crippen molar-refractivity contribution in [1.82, 2.24) is 25.3 Å². The topological polar surface area (TPSA) is 92.7 Å². The van der Waals surface area contributed by atoms with Gasteiger partial charge in [0.05, 0.1) is 12.2 Å². The number of amides is 1. The summed E-state index contributed by atoms with van der Waals surface area (Å²) in [6.45, 7) is 0.858. The van der Waals surface area contributed by atoms with Crippen molar-refractivity contribution >= 4 is 11.7 Å². The molecular weight excluding hydrogens is 376 g/mol. The van der Waals surface area contributed by atoms with E-state index in [1.807, 2.05) is 60.7 Å². The molecule has 0 bridgehead atoms. The summed E-state index contributed by atoms with van der Waals surface area (Å²) < 4.78 is 0. The van der Waals surface area contributed by atoms with Gasteiger partial charge in [-0.2, -0.15) is 0 Å². The van der Waals surface area contributed by atoms with Crippen LogP contribution in [-0.2, 0) is 13.1 Å². The van der Waals surface area contributed by atoms with Gasteiger partial charge >= 0.3 is 0 Å². The summed E-state index contributed by atoms with van der Waals surface area (Å²) in [6.07, 6.45) is 5.21. The number of rotatable bonds is 7. The Bertz CT molecular complexity index is 1100. The third-order valence-electron chi connectivity index (χ3n) is 4.34. The molecule has 0 aliphatic carbocycles. The van der Waals surface area contributed by atoms with Crippen LogP contribution in [0.1, 0.15) is 21.7 Å². The molecule has 1 amide bonds. The van der Waals surface area contributed by atoms with Crippen LogP contribution in [0, 0.1) is 0 Å². The minimum Gasteiger partial charge on any atom is -0.366 e. The minimum absolute atomic E-state index is 0.286. The number of nitrogens with zero attached hydrogens (tertiary/aromatic N) is 4. The van der Waals surface area contributed by atoms with Gasteiger partial charge in [0.1, 0.15) is 11.5 Å². The lowest BCUT2D eigenvalue weighted by molar-refractivity contribution is 0.0945. The van der Waals surface area contributed by atoms with Crippen molar-refractivity contribution in [2.45, 2.75) is 13.1 Å². The summed E-state index contributed by atoms with van der Waals surface area (Å²) >= 11 is 0. The highest BCUT2D eigenvalue weighted by atomic mass is 16.1. The molecule has 0 unspecified atom stereocenters. The lowest BCUT2D eigenvalue weighted by Crippen LogP contribution is -2.25. The molecule has 0 fully saturated rings. The lowest BCUT2D eigenvalue weighted by atomic mass is 10.2. The Labute approximate surface area is 174 Å². The van der Waals surface area contributed by atoms with E-state index < -0.39 is 0 Å². The van der Waals surface area contributed by atoms with Crippen LogP contribution in [0.2, 0.25) is 0 Å². The smallest absolute Gasteiger partial charge is 0.270 e. The fraction of sp³-hybridized carbons (Fsp3) is 0.0870. The third-order valence-corrected chi connectivity index (χ3v) is 4.34. The molecule has 0 aliphatic rings. The van der Waals surface area contributed by atoms with E-state index in [9.17, 15) is 4.79 Å². The van der Waals surface area contributed by atoms with Crippen LogP contribution >= 0.6 is 0 Å². The van der Waals surface area contributed by atoms with Crippen LogP contribution in [-0.4, -0.2) is 25.8 Å². The fourth-order valence-electron chi connectivity index (χ4n) is 2.83. The first-order chi connectivity index (χ1) is 14.8. The van der Waals surface area contributed by atoms with Crippen molar-refractivity contribution in [3.63, 3.8) is 0 Å². The average molecular weight is 396 g/mol. The second-order valence-electron chi connectivity index (χ2n) is 6.55. The van der Waals surface area contributed by atoms with Crippen LogP contribution in [0.3, 0.4) is 0 Å². The molecule has 7 heteroatoms. The second kappa shape index (κ2) is 9.38. The standard InChI is InChI=1S/C23H20N6O/c30-23(27-16-19-10-4-5-12-25-19)20-13-21(26-15-17-7-6-11-24-14-17)29-22(28-20)18-8-2-1-3-9-18/h1-14H,15-16H2,(H,27,30)(H,26,28,29). The normalized spacial score (nSPS) is 10.4. The summed E-state index contributed by atoms with van der Waals surface area (Å²) in [5.41, 5.74) is 2.91. The van der Waals surface area contributed by atoms with Crippen molar-refractivity contribution in [3.8, 4) is 11.4 Å². The fourth-order valence-corrected chi connectivity index (χ4v) is 2.83. The zero-order valence-corrected chi connectivity index (χ0v) is 16.2. The van der Waals surface area contributed by atoms with Crippen LogP contribution in [0.4, 0.5) is 5.82 Å². The first-order valence-electron chi connectivity index (χ1n) is 9.53. The van der Waals surface area contributed by atoms with Crippen molar-refractivity contribution in [1.29, 1.82) is 0 Å². The first kappa shape index (κ1) is 19.2. The van der Waals surface area contributed by atoms with Crippen molar-refractivity contribution in [2.24, 2.45) is 0 Å². The largest absolute Gasteiger partial charge is 0.366 e. The van der Waals surface area contributed by atoms with Gasteiger partial charge in [0.25, 0.3) is 5.91 Å². The molecule has 0 radical (unpaired) electrons. The summed E-state index contributed by atoms with van der Waals surface area (Å²) in [7, 11) is 0. The molecule has 0 aliphatic heterocycles. The van der Waals surface area contributed by atoms with Crippen molar-refractivity contribution < 1.29 is 4.79 Å². The van der Waals surface area contributed by atoms with E-state index >= 15 is 0 Å². The van der Waals surface area contributed by atoms with E-state index in [1.54, 1.807) is 24.7 Å². The Morgan fingerprint density at radius 1 is 0.867 bits per heavy atom. The molecule has 7 nitrogen and oxygen atoms in total. The lowest BCUT2D eigenvalue weighted by Gasteiger charge is -2.11. The Hall–Kier alpha value is -4.13. The van der Waals surface area contributed by atoms with Gasteiger partial charge in [0.15, 0.2) is 5.82 Å². The molecule has 0 saturated carbocycles. The molecule has 148 valence electrons. The number of carbonyl (C=O) groups excluding carboxylic acids is 1. The zero-order chi connectivity index (χ0) is 20.6. The zero-order valence-electron chi connectivity index (χ0n) is 16.2. The van der Waals surface area contributed by atoms with Gasteiger partial charge in [0, 0.05) is 36.8 Å². The van der Waals surface area contributed by atoms with Crippen LogP contribution in [0.15, 0.2) is 85.3 Å². The predicted molar refractivity (Wildman–Crippen MR) is 114 cm³/mol. The van der Waals surface area contributed by atoms with Crippen LogP contribution < -0.4 is 10.6 Å². The Morgan fingerprint density at radius 3 is 2.50 bits per heavy atom. The summed E-state index contributed by atoms with van der Waals surface area (Å²) in [6, 6.07) is 20.6. The maximum Gasteiger partial charge on any atom is 0.270 e. The highest BCUT2D eigenvalue weighted by Gasteiger charge is 2.13. The molecule has 0 spiro atoms. The summed E-state index contributed by atoms with van der Waals surface area (Å²) in [4.78, 5) is 30.2. The summed E-state index contributed by atoms with van der Waals surface area (Å²) in [5.74, 6) is 0.759. The molecule has 3 aromatic heterocycles. The van der Waals surface area contributed by atoms with Crippen molar-refractivity contribution in [3.05, 3.63) is 102 Å². The Kier molecular flexibility index (Phi) is 6.00. The Balaban J connectivity index is 1.57. The van der Waals surface area contributed by atoms with Gasteiger partial charge in [0.2, 0.25) is 0 Å². The van der Waals surface area contributed by atoms with Crippen LogP contribution in [0.5, 0.6) is 0 Å². The molecule has 4 aromatic rings. The van der Waals surface area contributed by atoms with E-state index in [0.717, 1.165) is 16.8 Å². The van der Waals surface area contributed by atoms with E-state index in [0.29, 0.717) is 24.7 Å². The monoisotopic (exact) mass is 396 g/mol. The maximum atomic E-state index is 12.8. The molecular formula is C23H20N6O. The van der Waals surface area contributed by atoms with E-state index in [1.165, 1.54) is 0 Å². The highest BCUT2D eigenvalue weighted by Crippen LogP contribution is 2.18. The van der Waals surface area contributed by atoms with Crippen LogP contribution in [0.25, 0.3) is 11.4 Å². The molecule has 3 heterocycles. The van der Waals surface area contributed by atoms with Gasteiger partial charge < -0.3 is 10.6 Å². The van der Waals surface area contributed by atoms with E-state index in [2.05, 4.69) is 30.6 Å². The number of hydrogen-bond acceptors (Lipinski definition) is 6. The van der Waals surface area contributed by atoms with Gasteiger partial charge in [-0.05, 0) is 23.8 Å². The molecule has 30 heavy (non-hydrogen) atoms. The average Bonchev–Trinajstić information content (AvgIpc) is 2.83. The SMILES string of the molecule is O=C(NCc1ccccn1)c1cc(NCc2cccnc2)nc(-c2ccccc2)n1. The number of aromatic nitrogens is 4. The highest BCUT2D eigenvalue weighted by molar-refractivity contribution is 5.93. The van der Waals surface area contributed by atoms with Gasteiger partial charge in [-0.1, -0.05) is 42.5 Å². The molecule has 0 saturated heterocycles. The number of nitrogens with one attached hydrogen (secondary N) is 2. The first-order valence-corrected chi connectivity index (χ1v) is 9.53. The number of hydrogen-bond donors (Lipinski definition) is 2. The maximum absolute atomic E-state index is 12.8.